The van der Waals surface area contributed by atoms with Crippen LogP contribution in [0.25, 0.3) is 84.5 Å². The van der Waals surface area contributed by atoms with Crippen LogP contribution >= 0.6 is 22.7 Å². The number of fused-ring (bicyclic) bond motifs is 9. The average Bonchev–Trinajstić information content (AvgIpc) is 3.89. The molecule has 0 aliphatic carbocycles. The molecule has 0 fully saturated rings. The molecule has 0 aliphatic heterocycles. The molecule has 0 bridgehead atoms. The molecule has 244 valence electrons. The zero-order chi connectivity index (χ0) is 34.2. The summed E-state index contributed by atoms with van der Waals surface area (Å²) in [5, 5.41) is 7.51. The van der Waals surface area contributed by atoms with E-state index >= 15 is 0 Å². The Morgan fingerprint density at radius 3 is 1.60 bits per heavy atom. The fraction of sp³-hybridized carbons (Fsp3) is 0. The molecule has 0 unspecified atom stereocenters. The zero-order valence-electron chi connectivity index (χ0n) is 27.9. The molecule has 11 rings (SSSR count). The van der Waals surface area contributed by atoms with Crippen LogP contribution in [0.2, 0.25) is 0 Å². The van der Waals surface area contributed by atoms with Crippen LogP contribution in [0.15, 0.2) is 180 Å². The van der Waals surface area contributed by atoms with E-state index in [9.17, 15) is 0 Å². The molecule has 0 saturated carbocycles. The molecule has 11 aromatic rings. The zero-order valence-corrected chi connectivity index (χ0v) is 29.5. The van der Waals surface area contributed by atoms with Crippen LogP contribution in [0.3, 0.4) is 0 Å². The van der Waals surface area contributed by atoms with Gasteiger partial charge in [-0.2, -0.15) is 0 Å². The minimum absolute atomic E-state index is 0.878. The Morgan fingerprint density at radius 2 is 0.885 bits per heavy atom. The van der Waals surface area contributed by atoms with Crippen molar-refractivity contribution in [1.82, 2.24) is 0 Å². The Morgan fingerprint density at radius 1 is 0.346 bits per heavy atom. The van der Waals surface area contributed by atoms with Gasteiger partial charge in [-0.25, -0.2) is 0 Å². The van der Waals surface area contributed by atoms with Gasteiger partial charge >= 0.3 is 0 Å². The van der Waals surface area contributed by atoms with E-state index in [0.29, 0.717) is 0 Å². The van der Waals surface area contributed by atoms with Crippen molar-refractivity contribution < 1.29 is 4.42 Å². The van der Waals surface area contributed by atoms with Crippen molar-refractivity contribution in [2.75, 3.05) is 4.90 Å². The van der Waals surface area contributed by atoms with E-state index in [2.05, 4.69) is 169 Å². The van der Waals surface area contributed by atoms with Crippen molar-refractivity contribution in [1.29, 1.82) is 0 Å². The van der Waals surface area contributed by atoms with Crippen molar-refractivity contribution in [2.45, 2.75) is 0 Å². The van der Waals surface area contributed by atoms with E-state index in [1.165, 1.54) is 62.6 Å². The van der Waals surface area contributed by atoms with Crippen LogP contribution in [0.4, 0.5) is 17.1 Å². The molecule has 0 aliphatic rings. The van der Waals surface area contributed by atoms with Gasteiger partial charge in [-0.1, -0.05) is 115 Å². The Hall–Kier alpha value is -6.20. The van der Waals surface area contributed by atoms with Gasteiger partial charge in [-0.15, -0.1) is 22.7 Å². The SMILES string of the molecule is c1cc(-c2cccc3c2sc2ccccc23)cc(N(c2ccc(-c3cccc4c3sc3ccccc34)cc2)c2ccc3c(c2)oc2ccccc23)c1. The smallest absolute Gasteiger partial charge is 0.137 e. The molecule has 0 atom stereocenters. The first-order valence-corrected chi connectivity index (χ1v) is 19.1. The molecular formula is C48H29NOS2. The van der Waals surface area contributed by atoms with Crippen LogP contribution < -0.4 is 4.90 Å². The van der Waals surface area contributed by atoms with Gasteiger partial charge in [-0.3, -0.25) is 0 Å². The summed E-state index contributed by atoms with van der Waals surface area (Å²) in [6.07, 6.45) is 0. The molecule has 0 radical (unpaired) electrons. The minimum Gasteiger partial charge on any atom is -0.456 e. The number of anilines is 3. The summed E-state index contributed by atoms with van der Waals surface area (Å²) >= 11 is 3.74. The van der Waals surface area contributed by atoms with E-state index in [1.807, 2.05) is 34.8 Å². The number of para-hydroxylation sites is 1. The minimum atomic E-state index is 0.878. The molecular weight excluding hydrogens is 671 g/mol. The lowest BCUT2D eigenvalue weighted by molar-refractivity contribution is 0.669. The molecule has 8 aromatic carbocycles. The number of benzene rings is 8. The number of nitrogens with zero attached hydrogens (tertiary/aromatic N) is 1. The normalized spacial score (nSPS) is 11.8. The first-order chi connectivity index (χ1) is 25.8. The van der Waals surface area contributed by atoms with E-state index in [-0.39, 0.29) is 0 Å². The highest BCUT2D eigenvalue weighted by Gasteiger charge is 2.18. The third-order valence-corrected chi connectivity index (χ3v) is 12.7. The molecule has 4 heteroatoms. The number of hydrogen-bond acceptors (Lipinski definition) is 4. The summed E-state index contributed by atoms with van der Waals surface area (Å²) in [5.41, 5.74) is 9.91. The molecule has 3 heterocycles. The first-order valence-electron chi connectivity index (χ1n) is 17.5. The lowest BCUT2D eigenvalue weighted by Crippen LogP contribution is -2.10. The highest BCUT2D eigenvalue weighted by molar-refractivity contribution is 7.26. The summed E-state index contributed by atoms with van der Waals surface area (Å²) in [6, 6.07) is 63.6. The molecule has 3 aromatic heterocycles. The topological polar surface area (TPSA) is 16.4 Å². The van der Waals surface area contributed by atoms with Gasteiger partial charge in [-0.05, 0) is 76.9 Å². The number of rotatable bonds is 5. The number of furan rings is 1. The van der Waals surface area contributed by atoms with Crippen molar-refractivity contribution in [2.24, 2.45) is 0 Å². The molecule has 0 spiro atoms. The van der Waals surface area contributed by atoms with Crippen LogP contribution in [-0.4, -0.2) is 0 Å². The Labute approximate surface area is 308 Å². The summed E-state index contributed by atoms with van der Waals surface area (Å²) in [7, 11) is 0. The predicted molar refractivity (Wildman–Crippen MR) is 225 cm³/mol. The highest BCUT2D eigenvalue weighted by Crippen LogP contribution is 2.44. The van der Waals surface area contributed by atoms with E-state index in [1.54, 1.807) is 0 Å². The quantitative estimate of drug-likeness (QED) is 0.178. The van der Waals surface area contributed by atoms with Crippen molar-refractivity contribution >= 4 is 102 Å². The van der Waals surface area contributed by atoms with E-state index in [0.717, 1.165) is 39.0 Å². The van der Waals surface area contributed by atoms with Gasteiger partial charge in [0.25, 0.3) is 0 Å². The van der Waals surface area contributed by atoms with Gasteiger partial charge in [0.15, 0.2) is 0 Å². The van der Waals surface area contributed by atoms with E-state index < -0.39 is 0 Å². The van der Waals surface area contributed by atoms with Gasteiger partial charge in [0.2, 0.25) is 0 Å². The fourth-order valence-corrected chi connectivity index (χ4v) is 10.3. The van der Waals surface area contributed by atoms with Crippen LogP contribution in [-0.2, 0) is 0 Å². The lowest BCUT2D eigenvalue weighted by Gasteiger charge is -2.26. The third-order valence-electron chi connectivity index (χ3n) is 10.3. The maximum atomic E-state index is 6.40. The van der Waals surface area contributed by atoms with Crippen LogP contribution in [0, 0.1) is 0 Å². The second kappa shape index (κ2) is 11.7. The van der Waals surface area contributed by atoms with Gasteiger partial charge in [0.05, 0.1) is 0 Å². The standard InChI is InChI=1S/C48H29NOS2/c1-4-19-43-37(12-1)38-27-26-34(29-44(38)50-43)49(32-24-22-30(23-25-32)35-15-8-17-41-39-13-2-5-20-45(39)51-47(35)41)33-11-7-10-31(28-33)36-16-9-18-42-40-14-3-6-21-46(40)52-48(36)42/h1-29H. The average molecular weight is 700 g/mol. The Balaban J connectivity index is 1.07. The molecule has 52 heavy (non-hydrogen) atoms. The largest absolute Gasteiger partial charge is 0.456 e. The monoisotopic (exact) mass is 699 g/mol. The highest BCUT2D eigenvalue weighted by atomic mass is 32.1. The van der Waals surface area contributed by atoms with E-state index in [4.69, 9.17) is 4.42 Å². The predicted octanol–water partition coefficient (Wildman–Crippen LogP) is 15.1. The molecule has 0 N–H and O–H groups in total. The van der Waals surface area contributed by atoms with Crippen LogP contribution in [0.1, 0.15) is 0 Å². The molecule has 2 nitrogen and oxygen atoms in total. The fourth-order valence-electron chi connectivity index (χ4n) is 7.85. The molecule has 0 saturated heterocycles. The first kappa shape index (κ1) is 29.5. The summed E-state index contributed by atoms with van der Waals surface area (Å²) in [6.45, 7) is 0. The Bertz CT molecular complexity index is 3150. The second-order valence-electron chi connectivity index (χ2n) is 13.3. The second-order valence-corrected chi connectivity index (χ2v) is 15.4. The number of hydrogen-bond donors (Lipinski definition) is 0. The molecule has 0 amide bonds. The summed E-state index contributed by atoms with van der Waals surface area (Å²) in [5.74, 6) is 0. The maximum Gasteiger partial charge on any atom is 0.137 e. The lowest BCUT2D eigenvalue weighted by atomic mass is 10.0. The van der Waals surface area contributed by atoms with Crippen molar-refractivity contribution in [3.63, 3.8) is 0 Å². The van der Waals surface area contributed by atoms with Gasteiger partial charge in [0, 0.05) is 74.2 Å². The summed E-state index contributed by atoms with van der Waals surface area (Å²) in [4.78, 5) is 2.35. The third kappa shape index (κ3) is 4.62. The number of thiophene rings is 2. The maximum absolute atomic E-state index is 6.40. The van der Waals surface area contributed by atoms with Crippen molar-refractivity contribution in [3.05, 3.63) is 176 Å². The van der Waals surface area contributed by atoms with Crippen LogP contribution in [0.5, 0.6) is 0 Å². The Kier molecular flexibility index (Phi) is 6.63. The van der Waals surface area contributed by atoms with Crippen molar-refractivity contribution in [3.8, 4) is 22.3 Å². The van der Waals surface area contributed by atoms with Gasteiger partial charge < -0.3 is 9.32 Å². The van der Waals surface area contributed by atoms with Gasteiger partial charge in [0.1, 0.15) is 11.2 Å². The summed E-state index contributed by atoms with van der Waals surface area (Å²) < 4.78 is 11.7.